The molecule has 0 atom stereocenters. The molecule has 0 aromatic heterocycles. The van der Waals surface area contributed by atoms with Crippen molar-refractivity contribution >= 4 is 45.4 Å². The average Bonchev–Trinajstić information content (AvgIpc) is 3.18. The molecule has 3 aromatic rings. The van der Waals surface area contributed by atoms with Crippen LogP contribution in [0.25, 0.3) is 16.8 Å². The first-order valence-electron chi connectivity index (χ1n) is 11.5. The lowest BCUT2D eigenvalue weighted by molar-refractivity contribution is -0.113. The zero-order valence-electron chi connectivity index (χ0n) is 19.4. The third-order valence-electron chi connectivity index (χ3n) is 6.34. The molecule has 0 aliphatic carbocycles. The number of carbonyl (C=O) groups excluding carboxylic acids is 1. The van der Waals surface area contributed by atoms with Gasteiger partial charge in [0.15, 0.2) is 5.17 Å². The number of carbonyl (C=O) groups is 1. The van der Waals surface area contributed by atoms with Crippen molar-refractivity contribution in [2.24, 2.45) is 4.99 Å². The average molecular weight is 456 g/mol. The zero-order valence-corrected chi connectivity index (χ0v) is 20.2. The molecule has 2 aliphatic heterocycles. The summed E-state index contributed by atoms with van der Waals surface area (Å²) in [6, 6.07) is 23.5. The molecule has 168 valence electrons. The van der Waals surface area contributed by atoms with Crippen molar-refractivity contribution in [1.29, 1.82) is 0 Å². The van der Waals surface area contributed by atoms with Crippen molar-refractivity contribution in [3.05, 3.63) is 82.8 Å². The minimum absolute atomic E-state index is 0.119. The minimum atomic E-state index is -0.133. The highest BCUT2D eigenvalue weighted by Crippen LogP contribution is 2.33. The van der Waals surface area contributed by atoms with E-state index in [1.165, 1.54) is 33.8 Å². The number of nitrogens with zero attached hydrogens (tertiary/aromatic N) is 3. The van der Waals surface area contributed by atoms with Crippen LogP contribution in [0.5, 0.6) is 0 Å². The van der Waals surface area contributed by atoms with E-state index in [0.717, 1.165) is 36.9 Å². The maximum absolute atomic E-state index is 12.6. The lowest BCUT2D eigenvalue weighted by Crippen LogP contribution is -2.47. The van der Waals surface area contributed by atoms with E-state index in [4.69, 9.17) is 0 Å². The molecule has 2 heterocycles. The number of hydrogen-bond acceptors (Lipinski definition) is 4. The normalized spacial score (nSPS) is 18.3. The fourth-order valence-electron chi connectivity index (χ4n) is 4.39. The number of rotatable bonds is 2. The van der Waals surface area contributed by atoms with Crippen LogP contribution in [0.15, 0.2) is 76.6 Å². The number of fused-ring (bicyclic) bond motifs is 1. The highest BCUT2D eigenvalue weighted by molar-refractivity contribution is 8.18. The predicted octanol–water partition coefficient (Wildman–Crippen LogP) is 5.93. The number of hydrogen-bond donors (Lipinski definition) is 0. The van der Waals surface area contributed by atoms with Gasteiger partial charge in [0.25, 0.3) is 5.91 Å². The first-order valence-corrected chi connectivity index (χ1v) is 12.3. The number of aliphatic imine (C=N–C) groups is 1. The first-order chi connectivity index (χ1) is 15.9. The largest absolute Gasteiger partial charge is 0.367 e. The second kappa shape index (κ2) is 8.71. The second-order valence-electron chi connectivity index (χ2n) is 9.65. The number of anilines is 1. The number of piperazine rings is 1. The molecule has 0 radical (unpaired) electrons. The molecule has 1 fully saturated rings. The Labute approximate surface area is 200 Å². The quantitative estimate of drug-likeness (QED) is 0.449. The van der Waals surface area contributed by atoms with Crippen molar-refractivity contribution < 1.29 is 4.79 Å². The SMILES string of the molecule is CC(C)(C)c1ccc(/C=C2/SC(N3CCN(c4cccc5ccccc45)CC3)=NC2=O)cc1. The van der Waals surface area contributed by atoms with Crippen LogP contribution in [0.2, 0.25) is 0 Å². The van der Waals surface area contributed by atoms with Gasteiger partial charge in [0.1, 0.15) is 0 Å². The van der Waals surface area contributed by atoms with Gasteiger partial charge < -0.3 is 9.80 Å². The summed E-state index contributed by atoms with van der Waals surface area (Å²) < 4.78 is 0. The molecule has 0 unspecified atom stereocenters. The van der Waals surface area contributed by atoms with Crippen molar-refractivity contribution in [2.45, 2.75) is 26.2 Å². The molecule has 1 saturated heterocycles. The van der Waals surface area contributed by atoms with Gasteiger partial charge in [-0.2, -0.15) is 4.99 Å². The van der Waals surface area contributed by atoms with Crippen LogP contribution in [0.1, 0.15) is 31.9 Å². The molecule has 3 aromatic carbocycles. The minimum Gasteiger partial charge on any atom is -0.367 e. The third-order valence-corrected chi connectivity index (χ3v) is 7.39. The van der Waals surface area contributed by atoms with Crippen molar-refractivity contribution in [1.82, 2.24) is 4.90 Å². The molecular formula is C28H29N3OS. The topological polar surface area (TPSA) is 35.9 Å². The van der Waals surface area contributed by atoms with E-state index in [9.17, 15) is 4.79 Å². The second-order valence-corrected chi connectivity index (χ2v) is 10.7. The van der Waals surface area contributed by atoms with Crippen LogP contribution in [-0.2, 0) is 10.2 Å². The van der Waals surface area contributed by atoms with Crippen molar-refractivity contribution in [2.75, 3.05) is 31.1 Å². The van der Waals surface area contributed by atoms with Gasteiger partial charge in [0.2, 0.25) is 0 Å². The number of amidine groups is 1. The lowest BCUT2D eigenvalue weighted by atomic mass is 9.87. The zero-order chi connectivity index (χ0) is 23.0. The van der Waals surface area contributed by atoms with E-state index >= 15 is 0 Å². The van der Waals surface area contributed by atoms with Crippen LogP contribution < -0.4 is 4.90 Å². The molecule has 2 aliphatic rings. The van der Waals surface area contributed by atoms with Gasteiger partial charge in [-0.05, 0) is 45.8 Å². The predicted molar refractivity (Wildman–Crippen MR) is 141 cm³/mol. The van der Waals surface area contributed by atoms with Crippen LogP contribution in [0, 0.1) is 0 Å². The van der Waals surface area contributed by atoms with E-state index in [-0.39, 0.29) is 11.3 Å². The lowest BCUT2D eigenvalue weighted by Gasteiger charge is -2.37. The van der Waals surface area contributed by atoms with Gasteiger partial charge in [-0.3, -0.25) is 4.79 Å². The summed E-state index contributed by atoms with van der Waals surface area (Å²) in [4.78, 5) is 22.3. The fraction of sp³-hybridized carbons (Fsp3) is 0.286. The Kier molecular flexibility index (Phi) is 5.75. The summed E-state index contributed by atoms with van der Waals surface area (Å²) in [7, 11) is 0. The molecule has 5 heteroatoms. The van der Waals surface area contributed by atoms with Gasteiger partial charge in [0, 0.05) is 37.3 Å². The Hall–Kier alpha value is -3.05. The monoisotopic (exact) mass is 455 g/mol. The van der Waals surface area contributed by atoms with E-state index < -0.39 is 0 Å². The highest BCUT2D eigenvalue weighted by Gasteiger charge is 2.29. The maximum Gasteiger partial charge on any atom is 0.286 e. The van der Waals surface area contributed by atoms with Crippen LogP contribution in [0.4, 0.5) is 5.69 Å². The van der Waals surface area contributed by atoms with Gasteiger partial charge in [-0.1, -0.05) is 81.4 Å². The molecule has 4 nitrogen and oxygen atoms in total. The molecule has 5 rings (SSSR count). The molecule has 0 bridgehead atoms. The fourth-order valence-corrected chi connectivity index (χ4v) is 5.35. The molecule has 0 spiro atoms. The summed E-state index contributed by atoms with van der Waals surface area (Å²) in [5.74, 6) is -0.133. The summed E-state index contributed by atoms with van der Waals surface area (Å²) in [6.07, 6.45) is 1.96. The van der Waals surface area contributed by atoms with Crippen molar-refractivity contribution in [3.63, 3.8) is 0 Å². The summed E-state index contributed by atoms with van der Waals surface area (Å²) in [6.45, 7) is 10.2. The van der Waals surface area contributed by atoms with Crippen molar-refractivity contribution in [3.8, 4) is 0 Å². The van der Waals surface area contributed by atoms with Gasteiger partial charge >= 0.3 is 0 Å². The molecular weight excluding hydrogens is 426 g/mol. The Morgan fingerprint density at radius 2 is 1.52 bits per heavy atom. The number of thioether (sulfide) groups is 1. The summed E-state index contributed by atoms with van der Waals surface area (Å²) in [5.41, 5.74) is 3.73. The number of amides is 1. The Balaban J connectivity index is 1.25. The number of benzene rings is 3. The smallest absolute Gasteiger partial charge is 0.286 e. The molecule has 0 saturated carbocycles. The van der Waals surface area contributed by atoms with Gasteiger partial charge in [-0.15, -0.1) is 0 Å². The standard InChI is InChI=1S/C28H29N3OS/c1-28(2,3)22-13-11-20(12-14-22)19-25-26(32)29-27(33-25)31-17-15-30(16-18-31)24-10-6-8-21-7-4-5-9-23(21)24/h4-14,19H,15-18H2,1-3H3/b25-19+. The van der Waals surface area contributed by atoms with Gasteiger partial charge in [-0.25, -0.2) is 0 Å². The van der Waals surface area contributed by atoms with Crippen LogP contribution in [-0.4, -0.2) is 42.2 Å². The van der Waals surface area contributed by atoms with Crippen LogP contribution >= 0.6 is 11.8 Å². The Morgan fingerprint density at radius 3 is 2.24 bits per heavy atom. The molecule has 0 N–H and O–H groups in total. The molecule has 1 amide bonds. The van der Waals surface area contributed by atoms with E-state index in [2.05, 4.69) is 102 Å². The van der Waals surface area contributed by atoms with E-state index in [0.29, 0.717) is 4.91 Å². The van der Waals surface area contributed by atoms with E-state index in [1.807, 2.05) is 6.08 Å². The maximum atomic E-state index is 12.6. The Morgan fingerprint density at radius 1 is 0.848 bits per heavy atom. The van der Waals surface area contributed by atoms with Gasteiger partial charge in [0.05, 0.1) is 4.91 Å². The van der Waals surface area contributed by atoms with E-state index in [1.54, 1.807) is 0 Å². The summed E-state index contributed by atoms with van der Waals surface area (Å²) in [5, 5.41) is 3.39. The first kappa shape index (κ1) is 21.8. The van der Waals surface area contributed by atoms with Crippen LogP contribution in [0.3, 0.4) is 0 Å². The Bertz CT molecular complexity index is 1240. The molecule has 33 heavy (non-hydrogen) atoms. The highest BCUT2D eigenvalue weighted by atomic mass is 32.2. The summed E-state index contributed by atoms with van der Waals surface area (Å²) >= 11 is 1.50. The third kappa shape index (κ3) is 4.55.